The Morgan fingerprint density at radius 3 is 2.06 bits per heavy atom. The van der Waals surface area contributed by atoms with Crippen LogP contribution in [0.3, 0.4) is 0 Å². The van der Waals surface area contributed by atoms with Crippen LogP contribution in [-0.4, -0.2) is 53.3 Å². The molecule has 10 nitrogen and oxygen atoms in total. The second-order valence-corrected chi connectivity index (χ2v) is 9.52. The third-order valence-corrected chi connectivity index (χ3v) is 4.72. The lowest BCUT2D eigenvalue weighted by atomic mass is 10.0. The average Bonchev–Trinajstić information content (AvgIpc) is 2.70. The molecule has 0 saturated heterocycles. The fourth-order valence-electron chi connectivity index (χ4n) is 2.87. The molecule has 3 atom stereocenters. The van der Waals surface area contributed by atoms with E-state index in [1.807, 2.05) is 0 Å². The zero-order valence-electron chi connectivity index (χ0n) is 21.2. The van der Waals surface area contributed by atoms with Crippen LogP contribution < -0.4 is 21.7 Å². The van der Waals surface area contributed by atoms with E-state index in [-0.39, 0.29) is 31.1 Å². The molecular weight excluding hydrogens is 440 g/mol. The van der Waals surface area contributed by atoms with Crippen LogP contribution in [0.5, 0.6) is 0 Å². The number of hydrogen-bond acceptors (Lipinski definition) is 6. The maximum atomic E-state index is 13.0. The summed E-state index contributed by atoms with van der Waals surface area (Å²) in [5, 5.41) is 7.71. The smallest absolute Gasteiger partial charge is 0.306 e. The molecule has 10 heteroatoms. The molecule has 0 aromatic rings. The van der Waals surface area contributed by atoms with Crippen molar-refractivity contribution in [2.45, 2.75) is 104 Å². The minimum absolute atomic E-state index is 0.0129. The third kappa shape index (κ3) is 13.5. The lowest BCUT2D eigenvalue weighted by Crippen LogP contribution is -2.57. The van der Waals surface area contributed by atoms with E-state index in [9.17, 15) is 24.0 Å². The van der Waals surface area contributed by atoms with Crippen molar-refractivity contribution in [1.29, 1.82) is 0 Å². The highest BCUT2D eigenvalue weighted by atomic mass is 16.6. The van der Waals surface area contributed by atoms with Gasteiger partial charge in [-0.2, -0.15) is 0 Å². The van der Waals surface area contributed by atoms with Gasteiger partial charge in [0.1, 0.15) is 23.7 Å². The minimum atomic E-state index is -1.06. The van der Waals surface area contributed by atoms with Gasteiger partial charge in [-0.3, -0.25) is 24.0 Å². The van der Waals surface area contributed by atoms with E-state index < -0.39 is 47.4 Å². The summed E-state index contributed by atoms with van der Waals surface area (Å²) in [5.74, 6) is -0.621. The predicted molar refractivity (Wildman–Crippen MR) is 128 cm³/mol. The Bertz CT molecular complexity index is 766. The summed E-state index contributed by atoms with van der Waals surface area (Å²) < 4.78 is 5.28. The summed E-state index contributed by atoms with van der Waals surface area (Å²) in [4.78, 5) is 61.4. The molecule has 4 amide bonds. The van der Waals surface area contributed by atoms with Crippen molar-refractivity contribution in [3.05, 3.63) is 0 Å². The number of carbonyl (C=O) groups is 5. The Hall–Kier alpha value is -3.09. The summed E-state index contributed by atoms with van der Waals surface area (Å²) in [5.41, 5.74) is 4.50. The van der Waals surface area contributed by atoms with Crippen molar-refractivity contribution in [3.63, 3.8) is 0 Å². The van der Waals surface area contributed by atoms with E-state index in [1.54, 1.807) is 34.6 Å². The zero-order valence-corrected chi connectivity index (χ0v) is 21.2. The molecule has 0 rings (SSSR count). The molecule has 0 fully saturated rings. The molecule has 0 unspecified atom stereocenters. The number of primary amides is 1. The van der Waals surface area contributed by atoms with Gasteiger partial charge in [-0.05, 0) is 52.9 Å². The Labute approximate surface area is 202 Å². The number of hydrogen-bond donors (Lipinski definition) is 4. The van der Waals surface area contributed by atoms with Crippen molar-refractivity contribution in [2.24, 2.45) is 11.7 Å². The summed E-state index contributed by atoms with van der Waals surface area (Å²) in [6.07, 6.45) is 7.04. The molecule has 0 aliphatic rings. The molecular formula is C24H40N4O6. The first-order chi connectivity index (χ1) is 15.7. The van der Waals surface area contributed by atoms with E-state index in [0.29, 0.717) is 19.3 Å². The number of unbranched alkanes of at least 4 members (excludes halogenated alkanes) is 2. The molecule has 0 saturated carbocycles. The normalized spacial score (nSPS) is 13.7. The highest BCUT2D eigenvalue weighted by molar-refractivity contribution is 5.94. The lowest BCUT2D eigenvalue weighted by Gasteiger charge is -2.26. The van der Waals surface area contributed by atoms with E-state index in [0.717, 1.165) is 0 Å². The van der Waals surface area contributed by atoms with Crippen LogP contribution in [0.25, 0.3) is 0 Å². The zero-order chi connectivity index (χ0) is 26.5. The van der Waals surface area contributed by atoms with E-state index in [4.69, 9.17) is 16.9 Å². The monoisotopic (exact) mass is 480 g/mol. The largest absolute Gasteiger partial charge is 0.460 e. The Morgan fingerprint density at radius 1 is 0.941 bits per heavy atom. The van der Waals surface area contributed by atoms with Crippen molar-refractivity contribution in [3.8, 4) is 12.3 Å². The van der Waals surface area contributed by atoms with Gasteiger partial charge >= 0.3 is 5.97 Å². The van der Waals surface area contributed by atoms with Gasteiger partial charge in [-0.1, -0.05) is 13.8 Å². The number of rotatable bonds is 14. The molecule has 0 bridgehead atoms. The topological polar surface area (TPSA) is 157 Å². The minimum Gasteiger partial charge on any atom is -0.460 e. The number of ether oxygens (including phenoxy) is 1. The number of esters is 1. The number of carbonyl (C=O) groups excluding carboxylic acids is 5. The molecule has 0 radical (unpaired) electrons. The van der Waals surface area contributed by atoms with Gasteiger partial charge in [0.2, 0.25) is 23.6 Å². The maximum Gasteiger partial charge on any atom is 0.306 e. The standard InChI is InChI=1S/C24H40N4O6/c1-8-9-10-11-12-18(29)27-17(13-14-19(30)34-24(5,6)7)22(32)28-20(15(2)3)23(33)26-16(4)21(25)31/h1,15-17,20H,9-14H2,2-7H3,(H2,25,31)(H,26,33)(H,27,29)(H,28,32)/t16-,17-,20-/m0/s1. The predicted octanol–water partition coefficient (Wildman–Crippen LogP) is 0.918. The molecule has 0 heterocycles. The van der Waals surface area contributed by atoms with E-state index >= 15 is 0 Å². The second kappa shape index (κ2) is 14.9. The summed E-state index contributed by atoms with van der Waals surface area (Å²) in [6.45, 7) is 10.1. The summed E-state index contributed by atoms with van der Waals surface area (Å²) in [6, 6.07) is -2.96. The number of nitrogens with two attached hydrogens (primary N) is 1. The van der Waals surface area contributed by atoms with Crippen LogP contribution in [0, 0.1) is 18.3 Å². The van der Waals surface area contributed by atoms with Crippen molar-refractivity contribution >= 4 is 29.6 Å². The van der Waals surface area contributed by atoms with Crippen molar-refractivity contribution in [2.75, 3.05) is 0 Å². The maximum absolute atomic E-state index is 13.0. The van der Waals surface area contributed by atoms with Crippen LogP contribution in [0.4, 0.5) is 0 Å². The van der Waals surface area contributed by atoms with E-state index in [2.05, 4.69) is 21.9 Å². The molecule has 192 valence electrons. The van der Waals surface area contributed by atoms with Gasteiger partial charge in [0.05, 0.1) is 0 Å². The number of terminal acetylenes is 1. The van der Waals surface area contributed by atoms with Gasteiger partial charge in [-0.15, -0.1) is 12.3 Å². The van der Waals surface area contributed by atoms with Crippen LogP contribution >= 0.6 is 0 Å². The Balaban J connectivity index is 5.36. The van der Waals surface area contributed by atoms with Gasteiger partial charge < -0.3 is 26.4 Å². The van der Waals surface area contributed by atoms with Gasteiger partial charge in [-0.25, -0.2) is 0 Å². The van der Waals surface area contributed by atoms with Crippen LogP contribution in [-0.2, 0) is 28.7 Å². The first-order valence-electron chi connectivity index (χ1n) is 11.5. The van der Waals surface area contributed by atoms with Crippen LogP contribution in [0.2, 0.25) is 0 Å². The van der Waals surface area contributed by atoms with Gasteiger partial charge in [0.25, 0.3) is 0 Å². The highest BCUT2D eigenvalue weighted by Gasteiger charge is 2.30. The second-order valence-electron chi connectivity index (χ2n) is 9.52. The van der Waals surface area contributed by atoms with Crippen LogP contribution in [0.1, 0.15) is 80.1 Å². The SMILES string of the molecule is C#CCCCCC(=O)N[C@@H](CCC(=O)OC(C)(C)C)C(=O)N[C@H](C(=O)N[C@@H](C)C(N)=O)C(C)C. The molecule has 0 aliphatic heterocycles. The highest BCUT2D eigenvalue weighted by Crippen LogP contribution is 2.11. The number of nitrogens with one attached hydrogen (secondary N) is 3. The third-order valence-electron chi connectivity index (χ3n) is 4.72. The Kier molecular flexibility index (Phi) is 13.6. The summed E-state index contributed by atoms with van der Waals surface area (Å²) >= 11 is 0. The first-order valence-corrected chi connectivity index (χ1v) is 11.5. The molecule has 5 N–H and O–H groups in total. The van der Waals surface area contributed by atoms with Gasteiger partial charge in [0, 0.05) is 19.3 Å². The molecule has 0 aromatic carbocycles. The number of amides is 4. The van der Waals surface area contributed by atoms with Crippen LogP contribution in [0.15, 0.2) is 0 Å². The molecule has 34 heavy (non-hydrogen) atoms. The molecule has 0 aliphatic carbocycles. The Morgan fingerprint density at radius 2 is 1.56 bits per heavy atom. The van der Waals surface area contributed by atoms with Crippen molar-refractivity contribution in [1.82, 2.24) is 16.0 Å². The van der Waals surface area contributed by atoms with Gasteiger partial charge in [0.15, 0.2) is 0 Å². The van der Waals surface area contributed by atoms with E-state index in [1.165, 1.54) is 6.92 Å². The van der Waals surface area contributed by atoms with Crippen molar-refractivity contribution < 1.29 is 28.7 Å². The molecule has 0 spiro atoms. The fraction of sp³-hybridized carbons (Fsp3) is 0.708. The molecule has 0 aromatic heterocycles. The lowest BCUT2D eigenvalue weighted by molar-refractivity contribution is -0.155. The first kappa shape index (κ1) is 30.9. The summed E-state index contributed by atoms with van der Waals surface area (Å²) in [7, 11) is 0. The average molecular weight is 481 g/mol. The fourth-order valence-corrected chi connectivity index (χ4v) is 2.87. The quantitative estimate of drug-likeness (QED) is 0.164.